The SMILES string of the molecule is CC(=O)OC[C@H]1OC(O[C@H]2CC[C@@]3(C)C(=CCC4C3CC[C@@]3(C)C4CC[C@@H]3/C(C)=N/O)C2)C=C[C@@H]1C. The average molecular weight is 500 g/mol. The van der Waals surface area contributed by atoms with Gasteiger partial charge in [-0.1, -0.05) is 43.7 Å². The second-order valence-corrected chi connectivity index (χ2v) is 12.8. The fraction of sp³-hybridized carbons (Fsp3) is 0.800. The second-order valence-electron chi connectivity index (χ2n) is 12.8. The number of carbonyl (C=O) groups excluding carboxylic acids is 1. The van der Waals surface area contributed by atoms with Crippen LogP contribution in [0.2, 0.25) is 0 Å². The van der Waals surface area contributed by atoms with Crippen LogP contribution in [0.1, 0.15) is 86.0 Å². The molecular formula is C30H45NO5. The van der Waals surface area contributed by atoms with E-state index in [0.717, 1.165) is 42.7 Å². The molecule has 0 bridgehead atoms. The third-order valence-electron chi connectivity index (χ3n) is 11.0. The first kappa shape index (κ1) is 26.0. The van der Waals surface area contributed by atoms with Gasteiger partial charge < -0.3 is 19.4 Å². The highest BCUT2D eigenvalue weighted by atomic mass is 16.7. The molecule has 0 aromatic rings. The van der Waals surface area contributed by atoms with E-state index in [0.29, 0.717) is 5.92 Å². The first-order valence-corrected chi connectivity index (χ1v) is 14.2. The Labute approximate surface area is 216 Å². The van der Waals surface area contributed by atoms with Gasteiger partial charge in [-0.25, -0.2) is 0 Å². The lowest BCUT2D eigenvalue weighted by molar-refractivity contribution is -0.199. The maximum absolute atomic E-state index is 11.2. The number of carbonyl (C=O) groups is 1. The van der Waals surface area contributed by atoms with Crippen molar-refractivity contribution in [3.05, 3.63) is 23.8 Å². The summed E-state index contributed by atoms with van der Waals surface area (Å²) in [6, 6.07) is 0. The Morgan fingerprint density at radius 3 is 2.69 bits per heavy atom. The van der Waals surface area contributed by atoms with Crippen LogP contribution in [0.5, 0.6) is 0 Å². The van der Waals surface area contributed by atoms with E-state index in [2.05, 4.69) is 38.1 Å². The van der Waals surface area contributed by atoms with Gasteiger partial charge in [0.1, 0.15) is 12.7 Å². The summed E-state index contributed by atoms with van der Waals surface area (Å²) >= 11 is 0. The minimum absolute atomic E-state index is 0.159. The highest BCUT2D eigenvalue weighted by Crippen LogP contribution is 2.66. The molecule has 5 aliphatic rings. The van der Waals surface area contributed by atoms with Crippen LogP contribution in [0.25, 0.3) is 0 Å². The first-order valence-electron chi connectivity index (χ1n) is 14.2. The zero-order valence-corrected chi connectivity index (χ0v) is 22.7. The Kier molecular flexibility index (Phi) is 7.14. The van der Waals surface area contributed by atoms with Crippen molar-refractivity contribution in [3.8, 4) is 0 Å². The highest BCUT2D eigenvalue weighted by molar-refractivity contribution is 5.85. The van der Waals surface area contributed by atoms with E-state index in [1.165, 1.54) is 39.0 Å². The Balaban J connectivity index is 1.25. The van der Waals surface area contributed by atoms with Crippen LogP contribution in [0, 0.1) is 40.4 Å². The van der Waals surface area contributed by atoms with Crippen LogP contribution < -0.4 is 0 Å². The number of rotatable bonds is 5. The maximum atomic E-state index is 11.2. The van der Waals surface area contributed by atoms with Gasteiger partial charge >= 0.3 is 5.97 Å². The zero-order chi connectivity index (χ0) is 25.7. The molecule has 1 heterocycles. The van der Waals surface area contributed by atoms with Crippen LogP contribution in [0.3, 0.4) is 0 Å². The van der Waals surface area contributed by atoms with Gasteiger partial charge in [-0.2, -0.15) is 0 Å². The molecule has 36 heavy (non-hydrogen) atoms. The predicted octanol–water partition coefficient (Wildman–Crippen LogP) is 6.28. The lowest BCUT2D eigenvalue weighted by Crippen LogP contribution is -2.51. The molecule has 6 heteroatoms. The van der Waals surface area contributed by atoms with Crippen molar-refractivity contribution in [1.29, 1.82) is 0 Å². The van der Waals surface area contributed by atoms with E-state index in [1.54, 1.807) is 5.57 Å². The molecule has 3 saturated carbocycles. The Bertz CT molecular complexity index is 942. The topological polar surface area (TPSA) is 77.4 Å². The highest BCUT2D eigenvalue weighted by Gasteiger charge is 2.59. The number of esters is 1. The molecule has 3 fully saturated rings. The van der Waals surface area contributed by atoms with Crippen LogP contribution in [0.15, 0.2) is 29.0 Å². The van der Waals surface area contributed by atoms with E-state index in [1.807, 2.05) is 13.0 Å². The lowest BCUT2D eigenvalue weighted by atomic mass is 9.47. The average Bonchev–Trinajstić information content (AvgIpc) is 3.21. The van der Waals surface area contributed by atoms with Gasteiger partial charge in [0, 0.05) is 18.8 Å². The minimum atomic E-state index is -0.379. The number of ether oxygens (including phenoxy) is 3. The number of oxime groups is 1. The summed E-state index contributed by atoms with van der Waals surface area (Å²) in [7, 11) is 0. The van der Waals surface area contributed by atoms with Crippen molar-refractivity contribution in [2.45, 2.75) is 104 Å². The van der Waals surface area contributed by atoms with Gasteiger partial charge in [-0.3, -0.25) is 4.79 Å². The number of allylic oxidation sites excluding steroid dienone is 1. The summed E-state index contributed by atoms with van der Waals surface area (Å²) in [6.07, 6.45) is 15.6. The van der Waals surface area contributed by atoms with Crippen LogP contribution in [-0.2, 0) is 19.0 Å². The third-order valence-corrected chi connectivity index (χ3v) is 11.0. The molecule has 4 unspecified atom stereocenters. The van der Waals surface area contributed by atoms with Gasteiger partial charge in [0.2, 0.25) is 0 Å². The maximum Gasteiger partial charge on any atom is 0.302 e. The molecule has 0 saturated heterocycles. The predicted molar refractivity (Wildman–Crippen MR) is 139 cm³/mol. The lowest BCUT2D eigenvalue weighted by Gasteiger charge is -2.58. The molecule has 4 aliphatic carbocycles. The van der Waals surface area contributed by atoms with Crippen molar-refractivity contribution in [2.24, 2.45) is 45.6 Å². The summed E-state index contributed by atoms with van der Waals surface area (Å²) in [5, 5.41) is 13.1. The molecule has 0 aromatic heterocycles. The van der Waals surface area contributed by atoms with E-state index in [9.17, 15) is 10.0 Å². The van der Waals surface area contributed by atoms with Crippen LogP contribution in [-0.4, -0.2) is 42.0 Å². The Morgan fingerprint density at radius 2 is 1.94 bits per heavy atom. The second kappa shape index (κ2) is 9.90. The zero-order valence-electron chi connectivity index (χ0n) is 22.7. The molecule has 1 N–H and O–H groups in total. The van der Waals surface area contributed by atoms with E-state index in [4.69, 9.17) is 14.2 Å². The summed E-state index contributed by atoms with van der Waals surface area (Å²) in [5.41, 5.74) is 3.05. The number of hydrogen-bond donors (Lipinski definition) is 1. The fourth-order valence-electron chi connectivity index (χ4n) is 8.89. The summed E-state index contributed by atoms with van der Waals surface area (Å²) in [4.78, 5) is 11.2. The Morgan fingerprint density at radius 1 is 1.14 bits per heavy atom. The van der Waals surface area contributed by atoms with E-state index in [-0.39, 0.29) is 47.8 Å². The third kappa shape index (κ3) is 4.47. The molecule has 0 radical (unpaired) electrons. The van der Waals surface area contributed by atoms with E-state index < -0.39 is 0 Å². The van der Waals surface area contributed by atoms with Crippen LogP contribution in [0.4, 0.5) is 0 Å². The van der Waals surface area contributed by atoms with Crippen molar-refractivity contribution in [2.75, 3.05) is 6.61 Å². The van der Waals surface area contributed by atoms with E-state index >= 15 is 0 Å². The molecule has 10 atom stereocenters. The molecule has 0 spiro atoms. The molecule has 200 valence electrons. The molecule has 0 amide bonds. The van der Waals surface area contributed by atoms with Gasteiger partial charge in [-0.15, -0.1) is 0 Å². The van der Waals surface area contributed by atoms with Gasteiger partial charge in [0.25, 0.3) is 0 Å². The van der Waals surface area contributed by atoms with Crippen molar-refractivity contribution in [1.82, 2.24) is 0 Å². The fourth-order valence-corrected chi connectivity index (χ4v) is 8.89. The molecule has 6 nitrogen and oxygen atoms in total. The van der Waals surface area contributed by atoms with Crippen molar-refractivity contribution in [3.63, 3.8) is 0 Å². The van der Waals surface area contributed by atoms with Crippen LogP contribution >= 0.6 is 0 Å². The monoisotopic (exact) mass is 499 g/mol. The molecule has 1 aliphatic heterocycles. The quantitative estimate of drug-likeness (QED) is 0.158. The number of nitrogens with zero attached hydrogens (tertiary/aromatic N) is 1. The Hall–Kier alpha value is -1.66. The summed E-state index contributed by atoms with van der Waals surface area (Å²) in [6.45, 7) is 10.8. The summed E-state index contributed by atoms with van der Waals surface area (Å²) < 4.78 is 17.8. The normalized spacial score (nSPS) is 46.4. The largest absolute Gasteiger partial charge is 0.463 e. The first-order chi connectivity index (χ1) is 17.2. The number of fused-ring (bicyclic) bond motifs is 5. The molecule has 5 rings (SSSR count). The van der Waals surface area contributed by atoms with Crippen molar-refractivity contribution >= 4 is 11.7 Å². The number of hydrogen-bond acceptors (Lipinski definition) is 6. The standard InChI is InChI=1S/C30H45NO5/c1-18-6-11-28(36-27(18)17-34-20(3)32)35-22-12-14-29(4)21(16-22)7-8-23-25-10-9-24(19(2)31-33)30(25,5)15-13-26(23)29/h6-7,11,18,22-28,33H,8-10,12-17H2,1-5H3/b31-19+/t18-,22-,23?,24+,25?,26?,27+,28?,29-,30+/m0/s1. The smallest absolute Gasteiger partial charge is 0.302 e. The van der Waals surface area contributed by atoms with Gasteiger partial charge in [0.15, 0.2) is 6.29 Å². The summed E-state index contributed by atoms with van der Waals surface area (Å²) in [5.74, 6) is 2.53. The van der Waals surface area contributed by atoms with Gasteiger partial charge in [0.05, 0.1) is 11.8 Å². The molecule has 0 aromatic carbocycles. The van der Waals surface area contributed by atoms with Crippen molar-refractivity contribution < 1.29 is 24.2 Å². The molecular weight excluding hydrogens is 454 g/mol. The van der Waals surface area contributed by atoms with Gasteiger partial charge in [-0.05, 0) is 93.0 Å². The minimum Gasteiger partial charge on any atom is -0.463 e.